The minimum absolute atomic E-state index is 0.403. The quantitative estimate of drug-likeness (QED) is 0.668. The first-order valence-electron chi connectivity index (χ1n) is 4.11. The first-order chi connectivity index (χ1) is 5.76. The van der Waals surface area contributed by atoms with E-state index in [4.69, 9.17) is 5.11 Å². The molecule has 0 aliphatic rings. The summed E-state index contributed by atoms with van der Waals surface area (Å²) in [6.45, 7) is 2.02. The van der Waals surface area contributed by atoms with E-state index in [2.05, 4.69) is 5.32 Å². The Morgan fingerprint density at radius 1 is 1.25 bits per heavy atom. The Balaban J connectivity index is 0.000000354. The summed E-state index contributed by atoms with van der Waals surface area (Å²) in [4.78, 5) is 0. The molecule has 1 aromatic carbocycles. The molecule has 0 aromatic heterocycles. The molecule has 2 heteroatoms. The lowest BCUT2D eigenvalue weighted by molar-refractivity contribution is 0.469. The van der Waals surface area contributed by atoms with Crippen molar-refractivity contribution in [1.82, 2.24) is 5.32 Å². The minimum Gasteiger partial charge on any atom is -0.508 e. The largest absolute Gasteiger partial charge is 0.508 e. The molecule has 12 heavy (non-hydrogen) atoms. The Kier molecular flexibility index (Phi) is 6.11. The van der Waals surface area contributed by atoms with Gasteiger partial charge in [0, 0.05) is 0 Å². The number of nitrogens with one attached hydrogen (secondary N) is 1. The minimum atomic E-state index is 0.403. The van der Waals surface area contributed by atoms with Crippen molar-refractivity contribution in [2.24, 2.45) is 0 Å². The van der Waals surface area contributed by atoms with Crippen molar-refractivity contribution in [2.45, 2.75) is 13.3 Å². The lowest BCUT2D eigenvalue weighted by Gasteiger charge is -1.97. The molecule has 0 atom stereocenters. The van der Waals surface area contributed by atoms with Gasteiger partial charge in [-0.05, 0) is 32.1 Å². The highest BCUT2D eigenvalue weighted by Gasteiger charge is 1.92. The number of para-hydroxylation sites is 1. The molecule has 0 aliphatic carbocycles. The van der Waals surface area contributed by atoms with Gasteiger partial charge in [0.15, 0.2) is 0 Å². The van der Waals surface area contributed by atoms with Crippen LogP contribution < -0.4 is 5.32 Å². The highest BCUT2D eigenvalue weighted by molar-refractivity contribution is 5.31. The molecule has 0 aliphatic heterocycles. The fourth-order valence-corrected chi connectivity index (χ4v) is 0.810. The molecule has 2 nitrogen and oxygen atoms in total. The van der Waals surface area contributed by atoms with Crippen LogP contribution in [-0.2, 0) is 6.42 Å². The van der Waals surface area contributed by atoms with Gasteiger partial charge in [0.25, 0.3) is 0 Å². The maximum Gasteiger partial charge on any atom is 0.118 e. The smallest absolute Gasteiger partial charge is 0.118 e. The van der Waals surface area contributed by atoms with Crippen LogP contribution in [-0.4, -0.2) is 19.2 Å². The van der Waals surface area contributed by atoms with Crippen molar-refractivity contribution < 1.29 is 5.11 Å². The molecule has 1 rings (SSSR count). The van der Waals surface area contributed by atoms with Crippen molar-refractivity contribution in [2.75, 3.05) is 14.1 Å². The molecular weight excluding hydrogens is 150 g/mol. The summed E-state index contributed by atoms with van der Waals surface area (Å²) in [6.07, 6.45) is 0.896. The molecule has 0 heterocycles. The summed E-state index contributed by atoms with van der Waals surface area (Å²) in [7, 11) is 3.75. The van der Waals surface area contributed by atoms with E-state index >= 15 is 0 Å². The molecule has 0 fully saturated rings. The van der Waals surface area contributed by atoms with Gasteiger partial charge in [-0.3, -0.25) is 0 Å². The van der Waals surface area contributed by atoms with Crippen LogP contribution >= 0.6 is 0 Å². The second-order valence-electron chi connectivity index (χ2n) is 2.48. The van der Waals surface area contributed by atoms with E-state index in [0.29, 0.717) is 5.75 Å². The van der Waals surface area contributed by atoms with Crippen molar-refractivity contribution >= 4 is 0 Å². The first-order valence-corrected chi connectivity index (χ1v) is 4.11. The highest BCUT2D eigenvalue weighted by Crippen LogP contribution is 2.14. The van der Waals surface area contributed by atoms with Gasteiger partial charge in [-0.25, -0.2) is 0 Å². The fourth-order valence-electron chi connectivity index (χ4n) is 0.810. The van der Waals surface area contributed by atoms with Gasteiger partial charge in [0.2, 0.25) is 0 Å². The van der Waals surface area contributed by atoms with E-state index in [1.54, 1.807) is 6.07 Å². The Morgan fingerprint density at radius 2 is 1.75 bits per heavy atom. The van der Waals surface area contributed by atoms with E-state index in [1.165, 1.54) is 0 Å². The Hall–Kier alpha value is -1.02. The van der Waals surface area contributed by atoms with Crippen molar-refractivity contribution in [3.8, 4) is 5.75 Å². The third kappa shape index (κ3) is 3.98. The average Bonchev–Trinajstić information content (AvgIpc) is 2.07. The molecule has 0 saturated carbocycles. The zero-order valence-electron chi connectivity index (χ0n) is 7.96. The van der Waals surface area contributed by atoms with Crippen LogP contribution in [0.15, 0.2) is 24.3 Å². The number of hydrogen-bond acceptors (Lipinski definition) is 2. The van der Waals surface area contributed by atoms with Gasteiger partial charge in [0.1, 0.15) is 5.75 Å². The SMILES string of the molecule is CCc1ccccc1O.CNC. The summed E-state index contributed by atoms with van der Waals surface area (Å²) < 4.78 is 0. The van der Waals surface area contributed by atoms with Crippen LogP contribution in [0.1, 0.15) is 12.5 Å². The van der Waals surface area contributed by atoms with E-state index in [-0.39, 0.29) is 0 Å². The Labute approximate surface area is 74.2 Å². The first kappa shape index (κ1) is 11.0. The van der Waals surface area contributed by atoms with Crippen molar-refractivity contribution in [3.63, 3.8) is 0 Å². The van der Waals surface area contributed by atoms with Crippen molar-refractivity contribution in [3.05, 3.63) is 29.8 Å². The third-order valence-corrected chi connectivity index (χ3v) is 1.37. The molecular formula is C10H17NO. The number of phenols is 1. The van der Waals surface area contributed by atoms with Gasteiger partial charge in [-0.2, -0.15) is 0 Å². The second kappa shape index (κ2) is 6.68. The van der Waals surface area contributed by atoms with Crippen LogP contribution in [0.2, 0.25) is 0 Å². The van der Waals surface area contributed by atoms with Gasteiger partial charge in [-0.15, -0.1) is 0 Å². The zero-order chi connectivity index (χ0) is 9.40. The van der Waals surface area contributed by atoms with Crippen LogP contribution in [0.5, 0.6) is 5.75 Å². The van der Waals surface area contributed by atoms with E-state index in [1.807, 2.05) is 39.2 Å². The molecule has 0 amide bonds. The van der Waals surface area contributed by atoms with Crippen LogP contribution in [0.4, 0.5) is 0 Å². The predicted octanol–water partition coefficient (Wildman–Crippen LogP) is 1.79. The van der Waals surface area contributed by atoms with Crippen molar-refractivity contribution in [1.29, 1.82) is 0 Å². The summed E-state index contributed by atoms with van der Waals surface area (Å²) in [6, 6.07) is 7.39. The number of aryl methyl sites for hydroxylation is 1. The highest BCUT2D eigenvalue weighted by atomic mass is 16.3. The van der Waals surface area contributed by atoms with Gasteiger partial charge >= 0.3 is 0 Å². The summed E-state index contributed by atoms with van der Waals surface area (Å²) in [5.41, 5.74) is 1.01. The third-order valence-electron chi connectivity index (χ3n) is 1.37. The second-order valence-corrected chi connectivity index (χ2v) is 2.48. The molecule has 0 unspecified atom stereocenters. The van der Waals surface area contributed by atoms with Crippen LogP contribution in [0, 0.1) is 0 Å². The normalized spacial score (nSPS) is 8.58. The lowest BCUT2D eigenvalue weighted by atomic mass is 10.1. The molecule has 0 bridgehead atoms. The van der Waals surface area contributed by atoms with Crippen LogP contribution in [0.25, 0.3) is 0 Å². The Morgan fingerprint density at radius 3 is 2.08 bits per heavy atom. The lowest BCUT2D eigenvalue weighted by Crippen LogP contribution is -1.89. The van der Waals surface area contributed by atoms with Gasteiger partial charge < -0.3 is 10.4 Å². The topological polar surface area (TPSA) is 32.3 Å². The number of rotatable bonds is 1. The predicted molar refractivity (Wildman–Crippen MR) is 52.5 cm³/mol. The molecule has 2 N–H and O–H groups in total. The number of hydrogen-bond donors (Lipinski definition) is 2. The van der Waals surface area contributed by atoms with Gasteiger partial charge in [0.05, 0.1) is 0 Å². The number of aromatic hydroxyl groups is 1. The van der Waals surface area contributed by atoms with Gasteiger partial charge in [-0.1, -0.05) is 25.1 Å². The van der Waals surface area contributed by atoms with E-state index < -0.39 is 0 Å². The molecule has 0 radical (unpaired) electrons. The monoisotopic (exact) mass is 167 g/mol. The van der Waals surface area contributed by atoms with E-state index in [0.717, 1.165) is 12.0 Å². The summed E-state index contributed by atoms with van der Waals surface area (Å²) in [5, 5.41) is 11.9. The number of benzene rings is 1. The average molecular weight is 167 g/mol. The Bertz CT molecular complexity index is 211. The molecule has 0 saturated heterocycles. The summed E-state index contributed by atoms with van der Waals surface area (Å²) >= 11 is 0. The fraction of sp³-hybridized carbons (Fsp3) is 0.400. The molecule has 0 spiro atoms. The molecule has 1 aromatic rings. The number of phenolic OH excluding ortho intramolecular Hbond substituents is 1. The van der Waals surface area contributed by atoms with E-state index in [9.17, 15) is 0 Å². The standard InChI is InChI=1S/C8H10O.C2H7N/c1-2-7-5-3-4-6-8(7)9;1-3-2/h3-6,9H,2H2,1H3;3H,1-2H3. The zero-order valence-corrected chi connectivity index (χ0v) is 7.96. The maximum atomic E-state index is 9.11. The maximum absolute atomic E-state index is 9.11. The molecule has 68 valence electrons. The van der Waals surface area contributed by atoms with Crippen LogP contribution in [0.3, 0.4) is 0 Å². The summed E-state index contributed by atoms with van der Waals surface area (Å²) in [5.74, 6) is 0.403.